The molecule has 1 atom stereocenters. The molecule has 3 rings (SSSR count). The van der Waals surface area contributed by atoms with Gasteiger partial charge in [-0.2, -0.15) is 4.98 Å². The standard InChI is InChI=1S/C16H24N2O3/c1-20-14(11-5-3-2-4-6-11)15-17-16(21-18-15)12-7-9-13(19)10-8-12/h11-12,14H,2-10H2,1H3. The maximum absolute atomic E-state index is 11.3. The van der Waals surface area contributed by atoms with Crippen molar-refractivity contribution in [3.05, 3.63) is 11.7 Å². The van der Waals surface area contributed by atoms with E-state index in [4.69, 9.17) is 9.26 Å². The van der Waals surface area contributed by atoms with Gasteiger partial charge in [0.25, 0.3) is 0 Å². The highest BCUT2D eigenvalue weighted by molar-refractivity contribution is 5.79. The van der Waals surface area contributed by atoms with Crippen LogP contribution >= 0.6 is 0 Å². The average Bonchev–Trinajstić information content (AvgIpc) is 2.99. The number of carbonyl (C=O) groups excluding carboxylic acids is 1. The molecule has 0 N–H and O–H groups in total. The van der Waals surface area contributed by atoms with Crippen LogP contribution in [0, 0.1) is 5.92 Å². The summed E-state index contributed by atoms with van der Waals surface area (Å²) >= 11 is 0. The number of rotatable bonds is 4. The molecule has 5 nitrogen and oxygen atoms in total. The first kappa shape index (κ1) is 14.7. The molecule has 21 heavy (non-hydrogen) atoms. The number of Topliss-reactive ketones (excluding diaryl/α,β-unsaturated/α-hetero) is 1. The zero-order valence-electron chi connectivity index (χ0n) is 12.7. The van der Waals surface area contributed by atoms with E-state index >= 15 is 0 Å². The van der Waals surface area contributed by atoms with Crippen LogP contribution in [0.1, 0.15) is 81.5 Å². The lowest BCUT2D eigenvalue weighted by Gasteiger charge is -2.26. The van der Waals surface area contributed by atoms with E-state index < -0.39 is 0 Å². The summed E-state index contributed by atoms with van der Waals surface area (Å²) < 4.78 is 11.1. The molecule has 0 saturated heterocycles. The highest BCUT2D eigenvalue weighted by atomic mass is 16.5. The number of methoxy groups -OCH3 is 1. The van der Waals surface area contributed by atoms with Gasteiger partial charge in [-0.1, -0.05) is 24.4 Å². The van der Waals surface area contributed by atoms with E-state index in [1.165, 1.54) is 32.1 Å². The molecule has 0 bridgehead atoms. The molecule has 1 aromatic rings. The number of hydrogen-bond donors (Lipinski definition) is 0. The second kappa shape index (κ2) is 6.69. The number of aromatic nitrogens is 2. The SMILES string of the molecule is COC(c1noc(C2CCC(=O)CC2)n1)C1CCCCC1. The fraction of sp³-hybridized carbons (Fsp3) is 0.812. The number of ketones is 1. The highest BCUT2D eigenvalue weighted by Gasteiger charge is 2.31. The zero-order chi connectivity index (χ0) is 14.7. The van der Waals surface area contributed by atoms with Crippen LogP contribution in [0.25, 0.3) is 0 Å². The summed E-state index contributed by atoms with van der Waals surface area (Å²) in [5.74, 6) is 2.48. The lowest BCUT2D eigenvalue weighted by atomic mass is 9.85. The molecule has 2 fully saturated rings. The van der Waals surface area contributed by atoms with Gasteiger partial charge in [0.05, 0.1) is 0 Å². The molecule has 1 aromatic heterocycles. The van der Waals surface area contributed by atoms with Crippen molar-refractivity contribution in [3.8, 4) is 0 Å². The van der Waals surface area contributed by atoms with E-state index in [0.717, 1.165) is 12.8 Å². The van der Waals surface area contributed by atoms with Crippen molar-refractivity contribution >= 4 is 5.78 Å². The number of carbonyl (C=O) groups is 1. The van der Waals surface area contributed by atoms with Crippen molar-refractivity contribution < 1.29 is 14.1 Å². The van der Waals surface area contributed by atoms with E-state index in [1.807, 2.05) is 0 Å². The Morgan fingerprint density at radius 1 is 1.14 bits per heavy atom. The summed E-state index contributed by atoms with van der Waals surface area (Å²) in [6.07, 6.45) is 9.11. The van der Waals surface area contributed by atoms with Gasteiger partial charge in [0.2, 0.25) is 11.7 Å². The summed E-state index contributed by atoms with van der Waals surface area (Å²) in [5, 5.41) is 4.16. The molecule has 0 radical (unpaired) electrons. The van der Waals surface area contributed by atoms with Crippen LogP contribution in [-0.2, 0) is 9.53 Å². The molecule has 2 aliphatic rings. The number of hydrogen-bond acceptors (Lipinski definition) is 5. The molecule has 0 amide bonds. The topological polar surface area (TPSA) is 65.2 Å². The van der Waals surface area contributed by atoms with Gasteiger partial charge in [0.1, 0.15) is 11.9 Å². The third-order valence-electron chi connectivity index (χ3n) is 4.94. The summed E-state index contributed by atoms with van der Waals surface area (Å²) in [5.41, 5.74) is 0. The Labute approximate surface area is 125 Å². The molecule has 1 unspecified atom stereocenters. The predicted octanol–water partition coefficient (Wildman–Crippen LogP) is 3.56. The third kappa shape index (κ3) is 3.34. The van der Waals surface area contributed by atoms with Crippen LogP contribution in [0.2, 0.25) is 0 Å². The Bertz CT molecular complexity index is 470. The lowest BCUT2D eigenvalue weighted by molar-refractivity contribution is -0.120. The summed E-state index contributed by atoms with van der Waals surface area (Å²) in [4.78, 5) is 15.9. The Hall–Kier alpha value is -1.23. The van der Waals surface area contributed by atoms with Crippen LogP contribution < -0.4 is 0 Å². The van der Waals surface area contributed by atoms with Gasteiger partial charge < -0.3 is 9.26 Å². The van der Waals surface area contributed by atoms with Crippen LogP contribution in [-0.4, -0.2) is 23.0 Å². The number of nitrogens with zero attached hydrogens (tertiary/aromatic N) is 2. The molecule has 0 aromatic carbocycles. The first-order valence-electron chi connectivity index (χ1n) is 8.16. The largest absolute Gasteiger partial charge is 0.373 e. The number of ether oxygens (including phenoxy) is 1. The summed E-state index contributed by atoms with van der Waals surface area (Å²) in [7, 11) is 1.73. The average molecular weight is 292 g/mol. The van der Waals surface area contributed by atoms with E-state index in [-0.39, 0.29) is 12.0 Å². The summed E-state index contributed by atoms with van der Waals surface area (Å²) in [6.45, 7) is 0. The first-order chi connectivity index (χ1) is 10.3. The fourth-order valence-corrected chi connectivity index (χ4v) is 3.66. The minimum atomic E-state index is -0.0481. The normalized spacial score (nSPS) is 23.4. The van der Waals surface area contributed by atoms with Crippen molar-refractivity contribution in [1.29, 1.82) is 0 Å². The minimum absolute atomic E-state index is 0.0481. The van der Waals surface area contributed by atoms with Gasteiger partial charge in [-0.15, -0.1) is 0 Å². The predicted molar refractivity (Wildman–Crippen MR) is 76.8 cm³/mol. The van der Waals surface area contributed by atoms with Gasteiger partial charge in [-0.25, -0.2) is 0 Å². The molecular weight excluding hydrogens is 268 g/mol. The Balaban J connectivity index is 1.69. The van der Waals surface area contributed by atoms with Crippen molar-refractivity contribution in [3.63, 3.8) is 0 Å². The van der Waals surface area contributed by atoms with Crippen molar-refractivity contribution in [1.82, 2.24) is 10.1 Å². The minimum Gasteiger partial charge on any atom is -0.373 e. The molecule has 116 valence electrons. The molecule has 0 spiro atoms. The Morgan fingerprint density at radius 2 is 1.86 bits per heavy atom. The second-order valence-corrected chi connectivity index (χ2v) is 6.36. The third-order valence-corrected chi connectivity index (χ3v) is 4.94. The molecule has 5 heteroatoms. The highest BCUT2D eigenvalue weighted by Crippen LogP contribution is 2.36. The van der Waals surface area contributed by atoms with Crippen LogP contribution in [0.4, 0.5) is 0 Å². The Morgan fingerprint density at radius 3 is 2.52 bits per heavy atom. The van der Waals surface area contributed by atoms with Crippen LogP contribution in [0.15, 0.2) is 4.52 Å². The maximum Gasteiger partial charge on any atom is 0.229 e. The molecular formula is C16H24N2O3. The van der Waals surface area contributed by atoms with Gasteiger partial charge in [-0.3, -0.25) is 4.79 Å². The fourth-order valence-electron chi connectivity index (χ4n) is 3.66. The molecule has 2 saturated carbocycles. The van der Waals surface area contributed by atoms with E-state index in [0.29, 0.717) is 36.3 Å². The second-order valence-electron chi connectivity index (χ2n) is 6.36. The molecule has 2 aliphatic carbocycles. The van der Waals surface area contributed by atoms with Gasteiger partial charge in [0, 0.05) is 25.9 Å². The van der Waals surface area contributed by atoms with E-state index in [1.54, 1.807) is 7.11 Å². The molecule has 0 aliphatic heterocycles. The maximum atomic E-state index is 11.3. The van der Waals surface area contributed by atoms with Gasteiger partial charge in [0.15, 0.2) is 0 Å². The lowest BCUT2D eigenvalue weighted by Crippen LogP contribution is -2.19. The summed E-state index contributed by atoms with van der Waals surface area (Å²) in [6, 6.07) is 0. The molecule has 1 heterocycles. The smallest absolute Gasteiger partial charge is 0.229 e. The van der Waals surface area contributed by atoms with Gasteiger partial charge >= 0.3 is 0 Å². The quantitative estimate of drug-likeness (QED) is 0.848. The zero-order valence-corrected chi connectivity index (χ0v) is 12.7. The monoisotopic (exact) mass is 292 g/mol. The van der Waals surface area contributed by atoms with Gasteiger partial charge in [-0.05, 0) is 31.6 Å². The van der Waals surface area contributed by atoms with Crippen molar-refractivity contribution in [2.45, 2.75) is 69.8 Å². The first-order valence-corrected chi connectivity index (χ1v) is 8.16. The van der Waals surface area contributed by atoms with Crippen molar-refractivity contribution in [2.24, 2.45) is 5.92 Å². The van der Waals surface area contributed by atoms with E-state index in [9.17, 15) is 4.79 Å². The van der Waals surface area contributed by atoms with Crippen LogP contribution in [0.5, 0.6) is 0 Å². The van der Waals surface area contributed by atoms with Crippen molar-refractivity contribution in [2.75, 3.05) is 7.11 Å². The van der Waals surface area contributed by atoms with E-state index in [2.05, 4.69) is 10.1 Å². The van der Waals surface area contributed by atoms with Crippen LogP contribution in [0.3, 0.4) is 0 Å². The Kier molecular flexibility index (Phi) is 4.68.